The molecule has 0 aliphatic carbocycles. The van der Waals surface area contributed by atoms with Gasteiger partial charge in [-0.1, -0.05) is 18.0 Å². The zero-order valence-corrected chi connectivity index (χ0v) is 10.1. The predicted molar refractivity (Wildman–Crippen MR) is 65.3 cm³/mol. The third-order valence-electron chi connectivity index (χ3n) is 2.71. The minimum Gasteiger partial charge on any atom is -0.478 e. The number of carbonyl (C=O) groups is 1. The van der Waals surface area contributed by atoms with Crippen molar-refractivity contribution in [2.45, 2.75) is 19.3 Å². The van der Waals surface area contributed by atoms with Gasteiger partial charge in [0.2, 0.25) is 0 Å². The Morgan fingerprint density at radius 2 is 2.06 bits per heavy atom. The van der Waals surface area contributed by atoms with Gasteiger partial charge in [-0.2, -0.15) is 0 Å². The van der Waals surface area contributed by atoms with Gasteiger partial charge >= 0.3 is 5.97 Å². The maximum Gasteiger partial charge on any atom is 0.339 e. The van der Waals surface area contributed by atoms with Crippen molar-refractivity contribution < 1.29 is 9.90 Å². The lowest BCUT2D eigenvalue weighted by molar-refractivity contribution is 0.0697. The van der Waals surface area contributed by atoms with E-state index in [9.17, 15) is 4.79 Å². The number of halogens is 1. The molecule has 0 radical (unpaired) electrons. The number of hydrogen-bond acceptors (Lipinski definition) is 4. The maximum absolute atomic E-state index is 11.0. The Labute approximate surface area is 104 Å². The van der Waals surface area contributed by atoms with Gasteiger partial charge in [0.05, 0.1) is 0 Å². The molecule has 17 heavy (non-hydrogen) atoms. The van der Waals surface area contributed by atoms with E-state index in [-0.39, 0.29) is 10.7 Å². The highest BCUT2D eigenvalue weighted by molar-refractivity contribution is 6.29. The monoisotopic (exact) mass is 255 g/mol. The number of aromatic nitrogens is 1. The minimum atomic E-state index is -1.01. The minimum absolute atomic E-state index is 0.139. The van der Waals surface area contributed by atoms with Gasteiger partial charge in [0.25, 0.3) is 0 Å². The summed E-state index contributed by atoms with van der Waals surface area (Å²) >= 11 is 5.78. The number of nitrogens with zero attached hydrogens (tertiary/aromatic N) is 2. The summed E-state index contributed by atoms with van der Waals surface area (Å²) in [6.45, 7) is 1.79. The van der Waals surface area contributed by atoms with Crippen molar-refractivity contribution in [3.8, 4) is 0 Å². The first-order valence-electron chi connectivity index (χ1n) is 5.58. The lowest BCUT2D eigenvalue weighted by atomic mass is 10.2. The number of nitrogens with one attached hydrogen (secondary N) is 1. The summed E-state index contributed by atoms with van der Waals surface area (Å²) in [5.74, 6) is -0.694. The standard InChI is InChI=1S/C11H14ClN3O2/c12-9-5-4-8(11(16)17)10(13-9)14-15-6-2-1-3-7-15/h4-5H,1-3,6-7H2,(H,13,14)(H,16,17). The van der Waals surface area contributed by atoms with Crippen molar-refractivity contribution in [1.82, 2.24) is 9.99 Å². The van der Waals surface area contributed by atoms with Crippen LogP contribution in [0.25, 0.3) is 0 Å². The average Bonchev–Trinajstić information content (AvgIpc) is 2.30. The molecule has 5 nitrogen and oxygen atoms in total. The first-order valence-corrected chi connectivity index (χ1v) is 5.96. The fourth-order valence-electron chi connectivity index (χ4n) is 1.85. The number of carboxylic acids is 1. The summed E-state index contributed by atoms with van der Waals surface area (Å²) in [7, 11) is 0. The molecule has 1 aliphatic rings. The van der Waals surface area contributed by atoms with E-state index in [1.54, 1.807) is 0 Å². The van der Waals surface area contributed by atoms with E-state index in [1.807, 2.05) is 5.01 Å². The molecule has 0 saturated carbocycles. The van der Waals surface area contributed by atoms with E-state index in [0.717, 1.165) is 25.9 Å². The highest BCUT2D eigenvalue weighted by Crippen LogP contribution is 2.18. The molecule has 92 valence electrons. The summed E-state index contributed by atoms with van der Waals surface area (Å²) in [6, 6.07) is 2.94. The van der Waals surface area contributed by atoms with Crippen LogP contribution in [-0.2, 0) is 0 Å². The number of rotatable bonds is 3. The smallest absolute Gasteiger partial charge is 0.339 e. The van der Waals surface area contributed by atoms with Crippen LogP contribution in [-0.4, -0.2) is 34.2 Å². The molecular formula is C11H14ClN3O2. The molecule has 1 aromatic heterocycles. The molecule has 0 atom stereocenters. The van der Waals surface area contributed by atoms with Gasteiger partial charge in [-0.3, -0.25) is 0 Å². The van der Waals surface area contributed by atoms with Crippen LogP contribution in [0.4, 0.5) is 5.82 Å². The number of carboxylic acid groups (broad SMARTS) is 1. The van der Waals surface area contributed by atoms with Crippen LogP contribution >= 0.6 is 11.6 Å². The molecule has 2 heterocycles. The second-order valence-electron chi connectivity index (χ2n) is 3.99. The highest BCUT2D eigenvalue weighted by Gasteiger charge is 2.16. The maximum atomic E-state index is 11.0. The van der Waals surface area contributed by atoms with Crippen LogP contribution in [0.15, 0.2) is 12.1 Å². The lowest BCUT2D eigenvalue weighted by Gasteiger charge is -2.27. The molecule has 1 saturated heterocycles. The van der Waals surface area contributed by atoms with E-state index in [1.165, 1.54) is 18.6 Å². The lowest BCUT2D eigenvalue weighted by Crippen LogP contribution is -2.35. The van der Waals surface area contributed by atoms with Gasteiger partial charge in [0.1, 0.15) is 10.7 Å². The summed E-state index contributed by atoms with van der Waals surface area (Å²) < 4.78 is 0. The summed E-state index contributed by atoms with van der Waals surface area (Å²) in [6.07, 6.45) is 3.43. The van der Waals surface area contributed by atoms with Crippen LogP contribution in [0.3, 0.4) is 0 Å². The fraction of sp³-hybridized carbons (Fsp3) is 0.455. The third-order valence-corrected chi connectivity index (χ3v) is 2.92. The van der Waals surface area contributed by atoms with Gasteiger partial charge in [-0.15, -0.1) is 0 Å². The number of aromatic carboxylic acids is 1. The van der Waals surface area contributed by atoms with Crippen LogP contribution in [0.2, 0.25) is 5.15 Å². The molecule has 1 fully saturated rings. The van der Waals surface area contributed by atoms with E-state index < -0.39 is 5.97 Å². The Morgan fingerprint density at radius 3 is 2.71 bits per heavy atom. The Balaban J connectivity index is 2.17. The number of hydrogen-bond donors (Lipinski definition) is 2. The molecule has 0 aromatic carbocycles. The van der Waals surface area contributed by atoms with Crippen LogP contribution < -0.4 is 5.43 Å². The number of piperidine rings is 1. The van der Waals surface area contributed by atoms with E-state index in [0.29, 0.717) is 5.82 Å². The molecule has 0 unspecified atom stereocenters. The second kappa shape index (κ2) is 5.33. The molecular weight excluding hydrogens is 242 g/mol. The van der Waals surface area contributed by atoms with Crippen LogP contribution in [0.1, 0.15) is 29.6 Å². The van der Waals surface area contributed by atoms with Gasteiger partial charge in [-0.05, 0) is 25.0 Å². The zero-order valence-electron chi connectivity index (χ0n) is 9.32. The topological polar surface area (TPSA) is 65.5 Å². The molecule has 1 aromatic rings. The first kappa shape index (κ1) is 12.1. The molecule has 1 aliphatic heterocycles. The molecule has 0 spiro atoms. The second-order valence-corrected chi connectivity index (χ2v) is 4.38. The Morgan fingerprint density at radius 1 is 1.35 bits per heavy atom. The molecule has 2 rings (SSSR count). The average molecular weight is 256 g/mol. The predicted octanol–water partition coefficient (Wildman–Crippen LogP) is 2.25. The highest BCUT2D eigenvalue weighted by atomic mass is 35.5. The third kappa shape index (κ3) is 3.08. The summed E-state index contributed by atoms with van der Waals surface area (Å²) in [4.78, 5) is 15.1. The van der Waals surface area contributed by atoms with Crippen molar-refractivity contribution in [3.63, 3.8) is 0 Å². The van der Waals surface area contributed by atoms with Crippen molar-refractivity contribution in [2.75, 3.05) is 18.5 Å². The van der Waals surface area contributed by atoms with Crippen LogP contribution in [0, 0.1) is 0 Å². The summed E-state index contributed by atoms with van der Waals surface area (Å²) in [5.41, 5.74) is 3.17. The van der Waals surface area contributed by atoms with Crippen molar-refractivity contribution >= 4 is 23.4 Å². The molecule has 6 heteroatoms. The number of pyridine rings is 1. The largest absolute Gasteiger partial charge is 0.478 e. The Hall–Kier alpha value is -1.33. The van der Waals surface area contributed by atoms with Gasteiger partial charge in [0, 0.05) is 13.1 Å². The normalized spacial score (nSPS) is 16.8. The summed E-state index contributed by atoms with van der Waals surface area (Å²) in [5, 5.41) is 11.3. The Bertz CT molecular complexity index is 419. The first-order chi connectivity index (χ1) is 8.16. The van der Waals surface area contributed by atoms with Gasteiger partial charge in [0.15, 0.2) is 5.82 Å². The van der Waals surface area contributed by atoms with E-state index in [4.69, 9.17) is 16.7 Å². The van der Waals surface area contributed by atoms with Crippen molar-refractivity contribution in [3.05, 3.63) is 22.8 Å². The SMILES string of the molecule is O=C(O)c1ccc(Cl)nc1NN1CCCCC1. The van der Waals surface area contributed by atoms with Crippen molar-refractivity contribution in [2.24, 2.45) is 0 Å². The van der Waals surface area contributed by atoms with Gasteiger partial charge < -0.3 is 10.5 Å². The number of anilines is 1. The Kier molecular flexibility index (Phi) is 3.81. The van der Waals surface area contributed by atoms with E-state index in [2.05, 4.69) is 10.4 Å². The van der Waals surface area contributed by atoms with Crippen molar-refractivity contribution in [1.29, 1.82) is 0 Å². The quantitative estimate of drug-likeness (QED) is 0.811. The van der Waals surface area contributed by atoms with E-state index >= 15 is 0 Å². The zero-order chi connectivity index (χ0) is 12.3. The fourth-order valence-corrected chi connectivity index (χ4v) is 2.00. The molecule has 2 N–H and O–H groups in total. The molecule has 0 amide bonds. The number of hydrazine groups is 1. The van der Waals surface area contributed by atoms with Gasteiger partial charge in [-0.25, -0.2) is 14.8 Å². The van der Waals surface area contributed by atoms with Crippen LogP contribution in [0.5, 0.6) is 0 Å². The molecule has 0 bridgehead atoms.